The van der Waals surface area contributed by atoms with E-state index in [1.165, 1.54) is 0 Å². The molecule has 0 aliphatic carbocycles. The fourth-order valence-corrected chi connectivity index (χ4v) is 3.29. The van der Waals surface area contributed by atoms with Gasteiger partial charge in [0.2, 0.25) is 5.91 Å². The molecule has 1 amide bonds. The molecule has 0 bridgehead atoms. The van der Waals surface area contributed by atoms with E-state index in [2.05, 4.69) is 20.4 Å². The number of carbonyl (C=O) groups is 1. The molecule has 1 aromatic carbocycles. The van der Waals surface area contributed by atoms with Gasteiger partial charge < -0.3 is 14.4 Å². The van der Waals surface area contributed by atoms with E-state index in [1.54, 1.807) is 18.0 Å². The summed E-state index contributed by atoms with van der Waals surface area (Å²) < 4.78 is 12.2. The highest BCUT2D eigenvalue weighted by molar-refractivity contribution is 5.74. The van der Waals surface area contributed by atoms with Crippen LogP contribution in [0.1, 0.15) is 32.8 Å². The normalized spacial score (nSPS) is 27.4. The maximum Gasteiger partial charge on any atom is 0.223 e. The topological polar surface area (TPSA) is 38.8 Å². The lowest BCUT2D eigenvalue weighted by Crippen LogP contribution is -2.56. The number of hydrogen-bond acceptors (Lipinski definition) is 3. The molecule has 1 fully saturated rings. The predicted octanol–water partition coefficient (Wildman–Crippen LogP) is 3.38. The van der Waals surface area contributed by atoms with Crippen molar-refractivity contribution in [1.82, 2.24) is 4.90 Å². The minimum absolute atomic E-state index is 0.0379. The van der Waals surface area contributed by atoms with Gasteiger partial charge in [-0.05, 0) is 12.0 Å². The van der Waals surface area contributed by atoms with E-state index < -0.39 is 0 Å². The van der Waals surface area contributed by atoms with Crippen LogP contribution in [0.15, 0.2) is 43.1 Å². The molecule has 0 spiro atoms. The summed E-state index contributed by atoms with van der Waals surface area (Å²) in [7, 11) is 0. The van der Waals surface area contributed by atoms with Gasteiger partial charge in [-0.25, -0.2) is 0 Å². The summed E-state index contributed by atoms with van der Waals surface area (Å²) >= 11 is 0. The fraction of sp³-hybridized carbons (Fsp3) is 0.526. The van der Waals surface area contributed by atoms with E-state index in [1.807, 2.05) is 30.3 Å². The summed E-state index contributed by atoms with van der Waals surface area (Å²) in [5, 5.41) is 0. The van der Waals surface area contributed by atoms with Crippen molar-refractivity contribution in [1.29, 1.82) is 0 Å². The maximum atomic E-state index is 11.9. The van der Waals surface area contributed by atoms with Crippen LogP contribution in [0.25, 0.3) is 0 Å². The largest absolute Gasteiger partial charge is 0.376 e. The molecule has 0 unspecified atom stereocenters. The Labute approximate surface area is 139 Å². The van der Waals surface area contributed by atoms with Crippen molar-refractivity contribution in [3.8, 4) is 0 Å². The van der Waals surface area contributed by atoms with E-state index in [0.29, 0.717) is 13.2 Å². The van der Waals surface area contributed by atoms with Gasteiger partial charge in [0.05, 0.1) is 31.5 Å². The van der Waals surface area contributed by atoms with Gasteiger partial charge in [-0.15, -0.1) is 0 Å². The third-order valence-corrected chi connectivity index (χ3v) is 4.57. The number of hydrogen-bond donors (Lipinski definition) is 0. The molecule has 1 heterocycles. The van der Waals surface area contributed by atoms with Crippen molar-refractivity contribution in [2.75, 3.05) is 6.61 Å². The standard InChI is InChI=1S/C19H27NO3/c1-5-18-14(3)19(23-12-16-10-8-7-9-11-16)17(13-22-18)20(6-2)15(4)21/h6-11,14,17-19H,2,5,12-13H2,1,3-4H3/t14-,17+,18+,19-/m0/s1. The lowest BCUT2D eigenvalue weighted by Gasteiger charge is -2.44. The molecule has 0 radical (unpaired) electrons. The molecule has 1 saturated heterocycles. The maximum absolute atomic E-state index is 11.9. The predicted molar refractivity (Wildman–Crippen MR) is 90.7 cm³/mol. The van der Waals surface area contributed by atoms with Gasteiger partial charge in [0.25, 0.3) is 0 Å². The molecule has 1 aliphatic rings. The van der Waals surface area contributed by atoms with Gasteiger partial charge in [-0.1, -0.05) is 50.8 Å². The molecule has 1 aromatic rings. The van der Waals surface area contributed by atoms with Crippen molar-refractivity contribution in [2.45, 2.75) is 52.0 Å². The fourth-order valence-electron chi connectivity index (χ4n) is 3.29. The summed E-state index contributed by atoms with van der Waals surface area (Å²) in [4.78, 5) is 13.5. The number of benzene rings is 1. The SMILES string of the molecule is C=CN(C(C)=O)[C@@H]1CO[C@H](CC)[C@H](C)[C@@H]1OCc1ccccc1. The highest BCUT2D eigenvalue weighted by atomic mass is 16.5. The van der Waals surface area contributed by atoms with Crippen LogP contribution in [0.3, 0.4) is 0 Å². The Morgan fingerprint density at radius 2 is 2.13 bits per heavy atom. The van der Waals surface area contributed by atoms with Gasteiger partial charge >= 0.3 is 0 Å². The first-order valence-corrected chi connectivity index (χ1v) is 8.27. The zero-order valence-corrected chi connectivity index (χ0v) is 14.3. The van der Waals surface area contributed by atoms with E-state index in [0.717, 1.165) is 12.0 Å². The highest BCUT2D eigenvalue weighted by Crippen LogP contribution is 2.29. The summed E-state index contributed by atoms with van der Waals surface area (Å²) in [6.45, 7) is 10.6. The third kappa shape index (κ3) is 4.21. The van der Waals surface area contributed by atoms with Crippen LogP contribution in [0.5, 0.6) is 0 Å². The van der Waals surface area contributed by atoms with Crippen LogP contribution in [0.2, 0.25) is 0 Å². The number of ether oxygens (including phenoxy) is 2. The smallest absolute Gasteiger partial charge is 0.223 e. The van der Waals surface area contributed by atoms with Gasteiger partial charge in [-0.3, -0.25) is 4.79 Å². The summed E-state index contributed by atoms with van der Waals surface area (Å²) in [5.74, 6) is 0.174. The van der Waals surface area contributed by atoms with Gasteiger partial charge in [0.1, 0.15) is 0 Å². The Morgan fingerprint density at radius 3 is 2.70 bits per heavy atom. The van der Waals surface area contributed by atoms with E-state index >= 15 is 0 Å². The number of carbonyl (C=O) groups excluding carboxylic acids is 1. The minimum Gasteiger partial charge on any atom is -0.376 e. The van der Waals surface area contributed by atoms with Gasteiger partial charge in [-0.2, -0.15) is 0 Å². The van der Waals surface area contributed by atoms with Crippen LogP contribution < -0.4 is 0 Å². The molecule has 0 aromatic heterocycles. The first-order valence-electron chi connectivity index (χ1n) is 8.27. The molecule has 0 N–H and O–H groups in total. The zero-order chi connectivity index (χ0) is 16.8. The number of rotatable bonds is 6. The second kappa shape index (κ2) is 8.27. The monoisotopic (exact) mass is 317 g/mol. The molecule has 4 atom stereocenters. The van der Waals surface area contributed by atoms with Crippen molar-refractivity contribution in [3.63, 3.8) is 0 Å². The van der Waals surface area contributed by atoms with Crippen molar-refractivity contribution in [3.05, 3.63) is 48.7 Å². The van der Waals surface area contributed by atoms with Crippen molar-refractivity contribution in [2.24, 2.45) is 5.92 Å². The Balaban J connectivity index is 2.15. The first-order chi connectivity index (χ1) is 11.1. The van der Waals surface area contributed by atoms with Crippen LogP contribution in [0.4, 0.5) is 0 Å². The first kappa shape index (κ1) is 17.7. The number of nitrogens with zero attached hydrogens (tertiary/aromatic N) is 1. The van der Waals surface area contributed by atoms with Crippen LogP contribution in [0, 0.1) is 5.92 Å². The summed E-state index contributed by atoms with van der Waals surface area (Å²) in [5.41, 5.74) is 1.13. The van der Waals surface area contributed by atoms with E-state index in [-0.39, 0.29) is 30.1 Å². The molecular weight excluding hydrogens is 290 g/mol. The van der Waals surface area contributed by atoms with Crippen molar-refractivity contribution < 1.29 is 14.3 Å². The van der Waals surface area contributed by atoms with Gasteiger partial charge in [0.15, 0.2) is 0 Å². The highest BCUT2D eigenvalue weighted by Gasteiger charge is 2.41. The zero-order valence-electron chi connectivity index (χ0n) is 14.3. The molecule has 2 rings (SSSR count). The van der Waals surface area contributed by atoms with Gasteiger partial charge in [0, 0.05) is 19.0 Å². The lowest BCUT2D eigenvalue weighted by molar-refractivity contribution is -0.164. The quantitative estimate of drug-likeness (QED) is 0.807. The summed E-state index contributed by atoms with van der Waals surface area (Å²) in [6, 6.07) is 9.96. The second-order valence-corrected chi connectivity index (χ2v) is 6.08. The third-order valence-electron chi connectivity index (χ3n) is 4.57. The molecule has 4 heteroatoms. The second-order valence-electron chi connectivity index (χ2n) is 6.08. The van der Waals surface area contributed by atoms with Crippen molar-refractivity contribution >= 4 is 5.91 Å². The van der Waals surface area contributed by atoms with Crippen LogP contribution in [-0.2, 0) is 20.9 Å². The Kier molecular flexibility index (Phi) is 6.37. The molecule has 23 heavy (non-hydrogen) atoms. The van der Waals surface area contributed by atoms with E-state index in [4.69, 9.17) is 9.47 Å². The number of amides is 1. The Hall–Kier alpha value is -1.65. The Bertz CT molecular complexity index is 517. The molecular formula is C19H27NO3. The molecule has 0 saturated carbocycles. The minimum atomic E-state index is -0.133. The molecule has 4 nitrogen and oxygen atoms in total. The molecule has 126 valence electrons. The average molecular weight is 317 g/mol. The van der Waals surface area contributed by atoms with Crippen LogP contribution >= 0.6 is 0 Å². The Morgan fingerprint density at radius 1 is 1.43 bits per heavy atom. The molecule has 1 aliphatic heterocycles. The average Bonchev–Trinajstić information content (AvgIpc) is 2.55. The lowest BCUT2D eigenvalue weighted by atomic mass is 9.88. The van der Waals surface area contributed by atoms with E-state index in [9.17, 15) is 4.79 Å². The van der Waals surface area contributed by atoms with Crippen LogP contribution in [-0.4, -0.2) is 35.7 Å². The summed E-state index contributed by atoms with van der Waals surface area (Å²) in [6.07, 6.45) is 2.60.